The lowest BCUT2D eigenvalue weighted by atomic mass is 9.72. The maximum atomic E-state index is 11.3. The van der Waals surface area contributed by atoms with E-state index in [0.717, 1.165) is 11.8 Å². The fraction of sp³-hybridized carbons (Fsp3) is 0.364. The van der Waals surface area contributed by atoms with Gasteiger partial charge in [0.05, 0.1) is 5.94 Å². The van der Waals surface area contributed by atoms with E-state index in [1.54, 1.807) is 18.4 Å². The van der Waals surface area contributed by atoms with Gasteiger partial charge >= 0.3 is 7.12 Å². The van der Waals surface area contributed by atoms with Gasteiger partial charge in [0.25, 0.3) is 5.24 Å². The van der Waals surface area contributed by atoms with Crippen LogP contribution in [0.25, 0.3) is 0 Å². The molecule has 4 N–H and O–H groups in total. The van der Waals surface area contributed by atoms with Gasteiger partial charge in [-0.05, 0) is 18.2 Å². The molecule has 0 bridgehead atoms. The van der Waals surface area contributed by atoms with Crippen LogP contribution in [0.15, 0.2) is 18.2 Å². The van der Waals surface area contributed by atoms with Crippen LogP contribution in [-0.4, -0.2) is 39.8 Å². The monoisotopic (exact) mass is 283 g/mol. The molecule has 1 aromatic rings. The van der Waals surface area contributed by atoms with Gasteiger partial charge in [0.1, 0.15) is 5.75 Å². The zero-order valence-electron chi connectivity index (χ0n) is 10.2. The molecule has 8 heteroatoms. The van der Waals surface area contributed by atoms with E-state index >= 15 is 0 Å². The lowest BCUT2D eigenvalue weighted by molar-refractivity contribution is -0.0436. The highest BCUT2D eigenvalue weighted by Gasteiger charge is 2.37. The summed E-state index contributed by atoms with van der Waals surface area (Å²) in [7, 11) is -1.22. The molecule has 2 rings (SSSR count). The molecule has 6 nitrogen and oxygen atoms in total. The summed E-state index contributed by atoms with van der Waals surface area (Å²) in [6.45, 7) is 0. The van der Waals surface area contributed by atoms with Crippen molar-refractivity contribution in [3.05, 3.63) is 29.3 Å². The van der Waals surface area contributed by atoms with Crippen LogP contribution in [0.4, 0.5) is 4.79 Å². The van der Waals surface area contributed by atoms with Gasteiger partial charge in [-0.15, -0.1) is 0 Å². The summed E-state index contributed by atoms with van der Waals surface area (Å²) in [6.07, 6.45) is 0.336. The Bertz CT molecular complexity index is 484. The fourth-order valence-electron chi connectivity index (χ4n) is 1.99. The average Bonchev–Trinajstić information content (AvgIpc) is 2.38. The van der Waals surface area contributed by atoms with E-state index in [2.05, 4.69) is 5.32 Å². The number of amides is 1. The SMILES string of the molecule is CSC(=O)NC1Cc2cccc(C(O)O)c2OB1O. The Morgan fingerprint density at radius 2 is 2.32 bits per heavy atom. The predicted molar refractivity (Wildman–Crippen MR) is 71.8 cm³/mol. The summed E-state index contributed by atoms with van der Waals surface area (Å²) in [5.74, 6) is -0.293. The van der Waals surface area contributed by atoms with E-state index in [9.17, 15) is 20.0 Å². The molecule has 1 aromatic carbocycles. The Balaban J connectivity index is 2.24. The van der Waals surface area contributed by atoms with Gasteiger partial charge in [-0.1, -0.05) is 30.0 Å². The second kappa shape index (κ2) is 5.83. The number of carbonyl (C=O) groups excluding carboxylic acids is 1. The lowest BCUT2D eigenvalue weighted by Gasteiger charge is -2.29. The number of hydrogen-bond acceptors (Lipinski definition) is 6. The molecule has 0 radical (unpaired) electrons. The maximum Gasteiger partial charge on any atom is 0.547 e. The number of aliphatic hydroxyl groups excluding tert-OH is 1. The normalized spacial score (nSPS) is 17.9. The summed E-state index contributed by atoms with van der Waals surface area (Å²) >= 11 is 1.01. The van der Waals surface area contributed by atoms with Crippen LogP contribution < -0.4 is 9.97 Å². The van der Waals surface area contributed by atoms with Gasteiger partial charge in [-0.25, -0.2) is 0 Å². The third kappa shape index (κ3) is 3.03. The van der Waals surface area contributed by atoms with Gasteiger partial charge in [0.2, 0.25) is 0 Å². The van der Waals surface area contributed by atoms with E-state index in [0.29, 0.717) is 12.0 Å². The lowest BCUT2D eigenvalue weighted by Crippen LogP contribution is -2.52. The second-order valence-corrected chi connectivity index (χ2v) is 4.94. The standard InChI is InChI=1S/C11H14BNO5S/c1-19-11(16)13-8-5-6-3-2-4-7(10(14)15)9(6)18-12(8)17/h2-4,8,10,14-15,17H,5H2,1H3,(H,13,16). The Labute approximate surface area is 114 Å². The number of rotatable bonds is 2. The summed E-state index contributed by atoms with van der Waals surface area (Å²) in [4.78, 5) is 11.3. The number of benzene rings is 1. The van der Waals surface area contributed by atoms with E-state index in [4.69, 9.17) is 4.65 Å². The molecule has 1 amide bonds. The van der Waals surface area contributed by atoms with E-state index < -0.39 is 19.3 Å². The van der Waals surface area contributed by atoms with Gasteiger partial charge in [-0.2, -0.15) is 0 Å². The highest BCUT2D eigenvalue weighted by atomic mass is 32.2. The van der Waals surface area contributed by atoms with E-state index in [-0.39, 0.29) is 16.6 Å². The minimum Gasteiger partial charge on any atom is -0.534 e. The highest BCUT2D eigenvalue weighted by molar-refractivity contribution is 8.12. The predicted octanol–water partition coefficient (Wildman–Crippen LogP) is 0.0656. The molecular formula is C11H14BNO5S. The van der Waals surface area contributed by atoms with Crippen molar-refractivity contribution in [1.29, 1.82) is 0 Å². The number of fused-ring (bicyclic) bond motifs is 1. The Hall–Kier alpha value is -1.22. The van der Waals surface area contributed by atoms with Crippen LogP contribution in [0, 0.1) is 0 Å². The molecule has 1 aliphatic heterocycles. The van der Waals surface area contributed by atoms with Crippen molar-refractivity contribution in [2.24, 2.45) is 0 Å². The first-order chi connectivity index (χ1) is 9.02. The fourth-order valence-corrected chi connectivity index (χ4v) is 2.25. The van der Waals surface area contributed by atoms with Crippen molar-refractivity contribution < 1.29 is 24.7 Å². The minimum absolute atomic E-state index is 0.200. The zero-order chi connectivity index (χ0) is 14.0. The van der Waals surface area contributed by atoms with Crippen LogP contribution in [0.1, 0.15) is 17.4 Å². The number of para-hydroxylation sites is 1. The minimum atomic E-state index is -1.67. The Morgan fingerprint density at radius 3 is 2.95 bits per heavy atom. The number of hydrogen-bond donors (Lipinski definition) is 4. The smallest absolute Gasteiger partial charge is 0.534 e. The summed E-state index contributed by atoms with van der Waals surface area (Å²) in [5, 5.41) is 30.7. The summed E-state index contributed by atoms with van der Waals surface area (Å²) in [6, 6.07) is 4.94. The molecule has 102 valence electrons. The van der Waals surface area contributed by atoms with E-state index in [1.807, 2.05) is 0 Å². The Kier molecular flexibility index (Phi) is 4.36. The van der Waals surface area contributed by atoms with Crippen molar-refractivity contribution in [3.63, 3.8) is 0 Å². The largest absolute Gasteiger partial charge is 0.547 e. The first kappa shape index (κ1) is 14.2. The second-order valence-electron chi connectivity index (χ2n) is 4.16. The van der Waals surface area contributed by atoms with Gasteiger partial charge in [0.15, 0.2) is 6.29 Å². The molecule has 1 heterocycles. The van der Waals surface area contributed by atoms with Gasteiger partial charge in [0, 0.05) is 5.56 Å². The molecule has 1 atom stereocenters. The zero-order valence-corrected chi connectivity index (χ0v) is 11.1. The van der Waals surface area contributed by atoms with Gasteiger partial charge < -0.3 is 25.2 Å². The number of nitrogens with one attached hydrogen (secondary N) is 1. The molecular weight excluding hydrogens is 269 g/mol. The van der Waals surface area contributed by atoms with E-state index in [1.165, 1.54) is 6.07 Å². The van der Waals surface area contributed by atoms with Crippen LogP contribution in [0.2, 0.25) is 0 Å². The van der Waals surface area contributed by atoms with Crippen LogP contribution in [-0.2, 0) is 6.42 Å². The highest BCUT2D eigenvalue weighted by Crippen LogP contribution is 2.32. The first-order valence-corrected chi connectivity index (χ1v) is 6.92. The van der Waals surface area contributed by atoms with Crippen molar-refractivity contribution in [2.45, 2.75) is 18.7 Å². The quantitative estimate of drug-likeness (QED) is 0.453. The molecule has 0 fully saturated rings. The molecule has 0 saturated carbocycles. The van der Waals surface area contributed by atoms with Crippen LogP contribution >= 0.6 is 11.8 Å². The molecule has 0 spiro atoms. The summed E-state index contributed by atoms with van der Waals surface area (Å²) < 4.78 is 5.29. The van der Waals surface area contributed by atoms with Crippen LogP contribution in [0.3, 0.4) is 0 Å². The third-order valence-electron chi connectivity index (χ3n) is 2.92. The molecule has 19 heavy (non-hydrogen) atoms. The average molecular weight is 283 g/mol. The molecule has 0 saturated heterocycles. The van der Waals surface area contributed by atoms with Crippen LogP contribution in [0.5, 0.6) is 5.75 Å². The first-order valence-electron chi connectivity index (χ1n) is 5.70. The maximum absolute atomic E-state index is 11.3. The Morgan fingerprint density at radius 1 is 1.58 bits per heavy atom. The molecule has 1 unspecified atom stereocenters. The van der Waals surface area contributed by atoms with Crippen molar-refractivity contribution >= 4 is 24.1 Å². The topological polar surface area (TPSA) is 99.0 Å². The molecule has 0 aromatic heterocycles. The molecule has 1 aliphatic rings. The van der Waals surface area contributed by atoms with Crippen molar-refractivity contribution in [1.82, 2.24) is 5.32 Å². The van der Waals surface area contributed by atoms with Gasteiger partial charge in [-0.3, -0.25) is 4.79 Å². The number of aliphatic hydroxyl groups is 2. The number of thioether (sulfide) groups is 1. The summed E-state index contributed by atoms with van der Waals surface area (Å²) in [5.41, 5.74) is 0.911. The van der Waals surface area contributed by atoms with Crippen molar-refractivity contribution in [3.8, 4) is 5.75 Å². The number of carbonyl (C=O) groups is 1. The van der Waals surface area contributed by atoms with Crippen molar-refractivity contribution in [2.75, 3.05) is 6.26 Å². The molecule has 0 aliphatic carbocycles. The third-order valence-corrected chi connectivity index (χ3v) is 3.41.